The van der Waals surface area contributed by atoms with Crippen LogP contribution < -0.4 is 4.74 Å². The summed E-state index contributed by atoms with van der Waals surface area (Å²) >= 11 is 5.89. The number of carboxylic acid groups (broad SMARTS) is 1. The van der Waals surface area contributed by atoms with Crippen molar-refractivity contribution in [3.05, 3.63) is 34.4 Å². The molecule has 0 saturated heterocycles. The Morgan fingerprint density at radius 2 is 2.25 bits per heavy atom. The third-order valence-electron chi connectivity index (χ3n) is 2.63. The number of aliphatic carboxylic acids is 1. The highest BCUT2D eigenvalue weighted by Crippen LogP contribution is 2.25. The first kappa shape index (κ1) is 16.1. The van der Waals surface area contributed by atoms with Gasteiger partial charge in [0.05, 0.1) is 6.61 Å². The maximum absolute atomic E-state index is 10.9. The Kier molecular flexibility index (Phi) is 6.61. The number of hydrogen-bond donors (Lipinski definition) is 1. The van der Waals surface area contributed by atoms with Crippen LogP contribution in [0.2, 0.25) is 5.02 Å². The molecule has 106 valence electrons. The molecule has 0 fully saturated rings. The van der Waals surface area contributed by atoms with Crippen LogP contribution in [0.5, 0.6) is 5.75 Å². The fourth-order valence-corrected chi connectivity index (χ4v) is 1.78. The normalized spacial score (nSPS) is 10.9. The molecule has 0 saturated carbocycles. The van der Waals surface area contributed by atoms with E-state index < -0.39 is 5.97 Å². The van der Waals surface area contributed by atoms with E-state index in [4.69, 9.17) is 26.7 Å². The molecule has 0 aromatic heterocycles. The lowest BCUT2D eigenvalue weighted by Gasteiger charge is -2.09. The van der Waals surface area contributed by atoms with Gasteiger partial charge in [-0.1, -0.05) is 31.4 Å². The van der Waals surface area contributed by atoms with E-state index in [2.05, 4.69) is 6.92 Å². The number of nitriles is 1. The molecular weight excluding hydrogens is 278 g/mol. The average Bonchev–Trinajstić information content (AvgIpc) is 2.42. The van der Waals surface area contributed by atoms with Crippen molar-refractivity contribution in [2.24, 2.45) is 0 Å². The second-order valence-corrected chi connectivity index (χ2v) is 4.65. The number of halogens is 1. The minimum atomic E-state index is -1.27. The fraction of sp³-hybridized carbons (Fsp3) is 0.333. The molecule has 5 heteroatoms. The number of carbonyl (C=O) groups is 1. The Morgan fingerprint density at radius 3 is 2.85 bits per heavy atom. The molecule has 0 unspecified atom stereocenters. The topological polar surface area (TPSA) is 70.3 Å². The summed E-state index contributed by atoms with van der Waals surface area (Å²) in [6, 6.07) is 6.56. The Bertz CT molecular complexity index is 547. The highest BCUT2D eigenvalue weighted by Gasteiger charge is 2.09. The Labute approximate surface area is 123 Å². The van der Waals surface area contributed by atoms with Crippen molar-refractivity contribution in [2.45, 2.75) is 26.2 Å². The molecule has 0 atom stereocenters. The Hall–Kier alpha value is -1.99. The summed E-state index contributed by atoms with van der Waals surface area (Å²) in [4.78, 5) is 10.9. The maximum atomic E-state index is 10.9. The van der Waals surface area contributed by atoms with Crippen LogP contribution in [-0.2, 0) is 4.79 Å². The first-order chi connectivity index (χ1) is 9.58. The molecule has 0 spiro atoms. The monoisotopic (exact) mass is 293 g/mol. The molecule has 1 rings (SSSR count). The van der Waals surface area contributed by atoms with Gasteiger partial charge in [0.2, 0.25) is 0 Å². The van der Waals surface area contributed by atoms with Crippen molar-refractivity contribution in [1.29, 1.82) is 5.26 Å². The molecule has 0 amide bonds. The van der Waals surface area contributed by atoms with Crippen molar-refractivity contribution in [1.82, 2.24) is 0 Å². The minimum absolute atomic E-state index is 0.356. The van der Waals surface area contributed by atoms with Gasteiger partial charge in [-0.25, -0.2) is 4.79 Å². The van der Waals surface area contributed by atoms with Crippen molar-refractivity contribution in [3.8, 4) is 11.8 Å². The van der Waals surface area contributed by atoms with Gasteiger partial charge < -0.3 is 9.84 Å². The smallest absolute Gasteiger partial charge is 0.346 e. The zero-order chi connectivity index (χ0) is 15.0. The molecule has 4 nitrogen and oxygen atoms in total. The lowest BCUT2D eigenvalue weighted by Crippen LogP contribution is -2.01. The van der Waals surface area contributed by atoms with Crippen LogP contribution in [0.1, 0.15) is 31.7 Å². The van der Waals surface area contributed by atoms with Crippen LogP contribution in [0, 0.1) is 11.3 Å². The molecule has 0 aliphatic heterocycles. The van der Waals surface area contributed by atoms with E-state index in [1.54, 1.807) is 24.3 Å². The van der Waals surface area contributed by atoms with E-state index in [1.165, 1.54) is 6.08 Å². The van der Waals surface area contributed by atoms with E-state index in [0.29, 0.717) is 22.9 Å². The van der Waals surface area contributed by atoms with Crippen molar-refractivity contribution in [2.75, 3.05) is 6.61 Å². The van der Waals surface area contributed by atoms with Crippen molar-refractivity contribution < 1.29 is 14.6 Å². The standard InChI is InChI=1S/C15H16ClNO3/c1-2-3-4-7-20-14-6-5-13(16)9-11(14)8-12(10-17)15(18)19/h5-6,8-9H,2-4,7H2,1H3,(H,18,19). The lowest BCUT2D eigenvalue weighted by molar-refractivity contribution is -0.132. The van der Waals surface area contributed by atoms with Gasteiger partial charge >= 0.3 is 5.97 Å². The predicted octanol–water partition coefficient (Wildman–Crippen LogP) is 3.90. The van der Waals surface area contributed by atoms with E-state index in [1.807, 2.05) is 0 Å². The molecule has 0 bridgehead atoms. The zero-order valence-electron chi connectivity index (χ0n) is 11.2. The molecule has 0 heterocycles. The second kappa shape index (κ2) is 8.23. The number of unbranched alkanes of at least 4 members (excludes halogenated alkanes) is 2. The molecule has 20 heavy (non-hydrogen) atoms. The summed E-state index contributed by atoms with van der Waals surface area (Å²) in [5.41, 5.74) is 0.138. The molecule has 1 aromatic rings. The number of ether oxygens (including phenoxy) is 1. The third kappa shape index (κ3) is 4.94. The number of benzene rings is 1. The first-order valence-electron chi connectivity index (χ1n) is 6.36. The lowest BCUT2D eigenvalue weighted by atomic mass is 10.1. The number of nitrogens with zero attached hydrogens (tertiary/aromatic N) is 1. The summed E-state index contributed by atoms with van der Waals surface area (Å²) in [6.45, 7) is 2.65. The van der Waals surface area contributed by atoms with Gasteiger partial charge in [0, 0.05) is 10.6 Å². The van der Waals surface area contributed by atoms with Crippen LogP contribution in [0.15, 0.2) is 23.8 Å². The fourth-order valence-electron chi connectivity index (χ4n) is 1.60. The van der Waals surface area contributed by atoms with E-state index in [9.17, 15) is 4.79 Å². The molecule has 0 aliphatic rings. The molecule has 1 N–H and O–H groups in total. The van der Waals surface area contributed by atoms with Gasteiger partial charge in [-0.2, -0.15) is 5.26 Å². The number of carboxylic acids is 1. The molecule has 0 aliphatic carbocycles. The summed E-state index contributed by atoms with van der Waals surface area (Å²) < 4.78 is 5.61. The molecule has 0 radical (unpaired) electrons. The Balaban J connectivity index is 2.96. The Morgan fingerprint density at radius 1 is 1.50 bits per heavy atom. The average molecular weight is 294 g/mol. The van der Waals surface area contributed by atoms with E-state index in [-0.39, 0.29) is 5.57 Å². The summed E-state index contributed by atoms with van der Waals surface area (Å²) in [7, 11) is 0. The molecule has 1 aromatic carbocycles. The van der Waals surface area contributed by atoms with Crippen LogP contribution >= 0.6 is 11.6 Å². The largest absolute Gasteiger partial charge is 0.493 e. The van der Waals surface area contributed by atoms with E-state index >= 15 is 0 Å². The van der Waals surface area contributed by atoms with Crippen molar-refractivity contribution >= 4 is 23.6 Å². The maximum Gasteiger partial charge on any atom is 0.346 e. The number of hydrogen-bond acceptors (Lipinski definition) is 3. The summed E-state index contributed by atoms with van der Waals surface area (Å²) in [5, 5.41) is 18.1. The summed E-state index contributed by atoms with van der Waals surface area (Å²) in [6.07, 6.45) is 4.35. The first-order valence-corrected chi connectivity index (χ1v) is 6.73. The SMILES string of the molecule is CCCCCOc1ccc(Cl)cc1C=C(C#N)C(=O)O. The van der Waals surface area contributed by atoms with Crippen LogP contribution in [0.25, 0.3) is 6.08 Å². The van der Waals surface area contributed by atoms with Crippen LogP contribution in [-0.4, -0.2) is 17.7 Å². The zero-order valence-corrected chi connectivity index (χ0v) is 12.0. The van der Waals surface area contributed by atoms with Crippen LogP contribution in [0.3, 0.4) is 0 Å². The van der Waals surface area contributed by atoms with Gasteiger partial charge in [-0.3, -0.25) is 0 Å². The third-order valence-corrected chi connectivity index (χ3v) is 2.86. The summed E-state index contributed by atoms with van der Waals surface area (Å²) in [5.74, 6) is -0.746. The van der Waals surface area contributed by atoms with E-state index in [0.717, 1.165) is 19.3 Å². The van der Waals surface area contributed by atoms with Crippen LogP contribution in [0.4, 0.5) is 0 Å². The highest BCUT2D eigenvalue weighted by atomic mass is 35.5. The van der Waals surface area contributed by atoms with Crippen molar-refractivity contribution in [3.63, 3.8) is 0 Å². The van der Waals surface area contributed by atoms with Gasteiger partial charge in [0.15, 0.2) is 0 Å². The van der Waals surface area contributed by atoms with Gasteiger partial charge in [0.25, 0.3) is 0 Å². The highest BCUT2D eigenvalue weighted by molar-refractivity contribution is 6.30. The minimum Gasteiger partial charge on any atom is -0.493 e. The van der Waals surface area contributed by atoms with Gasteiger partial charge in [-0.15, -0.1) is 0 Å². The van der Waals surface area contributed by atoms with Gasteiger partial charge in [0.1, 0.15) is 17.4 Å². The van der Waals surface area contributed by atoms with Gasteiger partial charge in [-0.05, 0) is 30.7 Å². The quantitative estimate of drug-likeness (QED) is 0.470. The second-order valence-electron chi connectivity index (χ2n) is 4.21. The predicted molar refractivity (Wildman–Crippen MR) is 77.7 cm³/mol. The number of rotatable bonds is 7. The molecular formula is C15H16ClNO3.